The Hall–Kier alpha value is -2.78. The van der Waals surface area contributed by atoms with Crippen LogP contribution in [-0.4, -0.2) is 77.6 Å². The molecule has 1 saturated heterocycles. The van der Waals surface area contributed by atoms with Crippen molar-refractivity contribution in [3.8, 4) is 11.3 Å². The third-order valence-corrected chi connectivity index (χ3v) is 8.36. The van der Waals surface area contributed by atoms with Crippen LogP contribution in [0.5, 0.6) is 0 Å². The van der Waals surface area contributed by atoms with Crippen LogP contribution in [0.1, 0.15) is 37.0 Å². The molecular weight excluding hydrogens is 426 g/mol. The number of fused-ring (bicyclic) bond motifs is 1. The normalized spacial score (nSPS) is 15.8. The number of hydrogen-bond donors (Lipinski definition) is 1. The molecule has 1 aromatic carbocycles. The number of nitrogens with zero attached hydrogens (tertiary/aromatic N) is 4. The van der Waals surface area contributed by atoms with Crippen LogP contribution in [0.2, 0.25) is 0 Å². The van der Waals surface area contributed by atoms with Gasteiger partial charge in [0.25, 0.3) is 5.91 Å². The van der Waals surface area contributed by atoms with E-state index in [-0.39, 0.29) is 10.8 Å². The molecule has 0 spiro atoms. The quantitative estimate of drug-likeness (QED) is 0.635. The monoisotopic (exact) mass is 455 g/mol. The first kappa shape index (κ1) is 22.4. The van der Waals surface area contributed by atoms with Gasteiger partial charge in [-0.15, -0.1) is 0 Å². The summed E-state index contributed by atoms with van der Waals surface area (Å²) in [4.78, 5) is 29.7. The number of rotatable bonds is 5. The van der Waals surface area contributed by atoms with Crippen molar-refractivity contribution in [1.82, 2.24) is 24.8 Å². The number of carbonyl (C=O) groups excluding carboxylic acids is 1. The predicted octanol–water partition coefficient (Wildman–Crippen LogP) is 2.97. The van der Waals surface area contributed by atoms with E-state index in [0.29, 0.717) is 41.6 Å². The van der Waals surface area contributed by atoms with Gasteiger partial charge in [0.15, 0.2) is 15.5 Å². The van der Waals surface area contributed by atoms with Crippen LogP contribution in [0.3, 0.4) is 0 Å². The lowest BCUT2D eigenvalue weighted by Gasteiger charge is -2.35. The molecule has 1 fully saturated rings. The second-order valence-corrected chi connectivity index (χ2v) is 11.3. The topological polar surface area (TPSA) is 99.3 Å². The number of likely N-dealkylation sites (tertiary alicyclic amines) is 1. The zero-order valence-corrected chi connectivity index (χ0v) is 19.7. The number of piperidine rings is 1. The number of sulfone groups is 1. The number of aromatic nitrogens is 3. The summed E-state index contributed by atoms with van der Waals surface area (Å²) in [5, 5.41) is -0.485. The van der Waals surface area contributed by atoms with Gasteiger partial charge >= 0.3 is 0 Å². The minimum absolute atomic E-state index is 0.0433. The summed E-state index contributed by atoms with van der Waals surface area (Å²) < 4.78 is 24.7. The highest BCUT2D eigenvalue weighted by molar-refractivity contribution is 7.92. The molecule has 1 aliphatic heterocycles. The summed E-state index contributed by atoms with van der Waals surface area (Å²) in [5.41, 5.74) is 2.93. The molecule has 0 radical (unpaired) electrons. The third kappa shape index (κ3) is 4.14. The Kier molecular flexibility index (Phi) is 6.05. The first-order valence-electron chi connectivity index (χ1n) is 10.8. The summed E-state index contributed by atoms with van der Waals surface area (Å²) in [6, 6.07) is 7.13. The number of aromatic amines is 1. The van der Waals surface area contributed by atoms with Crippen molar-refractivity contribution in [2.45, 2.75) is 42.9 Å². The van der Waals surface area contributed by atoms with Crippen LogP contribution in [0.25, 0.3) is 22.4 Å². The minimum Gasteiger partial charge on any atom is -0.344 e. The van der Waals surface area contributed by atoms with E-state index in [1.165, 1.54) is 0 Å². The van der Waals surface area contributed by atoms with Gasteiger partial charge < -0.3 is 14.8 Å². The van der Waals surface area contributed by atoms with Gasteiger partial charge in [-0.3, -0.25) is 4.79 Å². The number of hydrogen-bond acceptors (Lipinski definition) is 6. The summed E-state index contributed by atoms with van der Waals surface area (Å²) in [6.45, 7) is 4.76. The molecule has 0 bridgehead atoms. The van der Waals surface area contributed by atoms with Gasteiger partial charge in [-0.1, -0.05) is 12.1 Å². The molecule has 9 heteroatoms. The molecule has 32 heavy (non-hydrogen) atoms. The number of carbonyl (C=O) groups is 1. The Labute approximate surface area is 188 Å². The third-order valence-electron chi connectivity index (χ3n) is 6.19. The summed E-state index contributed by atoms with van der Waals surface area (Å²) >= 11 is 0. The molecule has 3 heterocycles. The van der Waals surface area contributed by atoms with E-state index in [2.05, 4.69) is 29.0 Å². The lowest BCUT2D eigenvalue weighted by molar-refractivity contribution is 0.0665. The number of amides is 1. The molecule has 3 aromatic rings. The lowest BCUT2D eigenvalue weighted by Crippen LogP contribution is -2.44. The van der Waals surface area contributed by atoms with E-state index in [4.69, 9.17) is 4.98 Å². The average Bonchev–Trinajstić information content (AvgIpc) is 3.22. The van der Waals surface area contributed by atoms with E-state index in [1.54, 1.807) is 50.5 Å². The van der Waals surface area contributed by atoms with Gasteiger partial charge in [-0.2, -0.15) is 0 Å². The molecular formula is C23H29N5O3S. The first-order chi connectivity index (χ1) is 15.2. The van der Waals surface area contributed by atoms with Gasteiger partial charge in [0.2, 0.25) is 0 Å². The second-order valence-electron chi connectivity index (χ2n) is 8.76. The van der Waals surface area contributed by atoms with Crippen molar-refractivity contribution in [3.05, 3.63) is 42.2 Å². The average molecular weight is 456 g/mol. The largest absolute Gasteiger partial charge is 0.344 e. The predicted molar refractivity (Wildman–Crippen MR) is 124 cm³/mol. The van der Waals surface area contributed by atoms with Gasteiger partial charge in [0.1, 0.15) is 5.52 Å². The van der Waals surface area contributed by atoms with Gasteiger partial charge in [-0.05, 0) is 52.9 Å². The van der Waals surface area contributed by atoms with Crippen LogP contribution in [0, 0.1) is 0 Å². The fraction of sp³-hybridized carbons (Fsp3) is 0.435. The van der Waals surface area contributed by atoms with E-state index in [9.17, 15) is 13.2 Å². The minimum atomic E-state index is -3.34. The molecule has 0 aliphatic carbocycles. The van der Waals surface area contributed by atoms with Crippen molar-refractivity contribution in [3.63, 3.8) is 0 Å². The maximum absolute atomic E-state index is 13.2. The fourth-order valence-corrected chi connectivity index (χ4v) is 5.10. The van der Waals surface area contributed by atoms with Crippen molar-refractivity contribution in [1.29, 1.82) is 0 Å². The highest BCUT2D eigenvalue weighted by Crippen LogP contribution is 2.25. The molecule has 1 N–H and O–H groups in total. The van der Waals surface area contributed by atoms with Crippen molar-refractivity contribution in [2.75, 3.05) is 27.2 Å². The van der Waals surface area contributed by atoms with Gasteiger partial charge in [0.05, 0.1) is 27.6 Å². The number of H-pyrrole nitrogens is 1. The maximum Gasteiger partial charge on any atom is 0.257 e. The smallest absolute Gasteiger partial charge is 0.257 e. The molecule has 170 valence electrons. The SMILES string of the molecule is CC(C)S(=O)(=O)c1ccc(-c2cnc3[nH]cc(C(=O)N4CCC(N(C)C)CC4)c3n2)cc1. The molecule has 0 unspecified atom stereocenters. The van der Waals surface area contributed by atoms with E-state index < -0.39 is 15.1 Å². The van der Waals surface area contributed by atoms with Crippen molar-refractivity contribution < 1.29 is 13.2 Å². The van der Waals surface area contributed by atoms with E-state index in [1.807, 2.05) is 4.90 Å². The molecule has 0 atom stereocenters. The van der Waals surface area contributed by atoms with Gasteiger partial charge in [0, 0.05) is 30.9 Å². The Morgan fingerprint density at radius 2 is 1.81 bits per heavy atom. The standard InChI is InChI=1S/C23H29N5O3S/c1-15(2)32(30,31)18-7-5-16(6-8-18)20-14-25-22-21(26-20)19(13-24-22)23(29)28-11-9-17(10-12-28)27(3)4/h5-8,13-15,17H,9-12H2,1-4H3,(H,24,25). The summed E-state index contributed by atoms with van der Waals surface area (Å²) in [5.74, 6) is -0.0433. The highest BCUT2D eigenvalue weighted by Gasteiger charge is 2.27. The van der Waals surface area contributed by atoms with Crippen LogP contribution in [0.15, 0.2) is 41.6 Å². The van der Waals surface area contributed by atoms with Crippen LogP contribution in [0.4, 0.5) is 0 Å². The number of nitrogens with one attached hydrogen (secondary N) is 1. The Morgan fingerprint density at radius 3 is 2.41 bits per heavy atom. The maximum atomic E-state index is 13.2. The molecule has 8 nitrogen and oxygen atoms in total. The van der Waals surface area contributed by atoms with Crippen LogP contribution >= 0.6 is 0 Å². The zero-order valence-electron chi connectivity index (χ0n) is 18.9. The Bertz CT molecular complexity index is 1220. The Morgan fingerprint density at radius 1 is 1.16 bits per heavy atom. The molecule has 2 aromatic heterocycles. The lowest BCUT2D eigenvalue weighted by atomic mass is 10.0. The summed E-state index contributed by atoms with van der Waals surface area (Å²) in [7, 11) is 0.811. The van der Waals surface area contributed by atoms with Crippen molar-refractivity contribution in [2.24, 2.45) is 0 Å². The fourth-order valence-electron chi connectivity index (χ4n) is 4.04. The molecule has 1 aliphatic rings. The van der Waals surface area contributed by atoms with E-state index in [0.717, 1.165) is 18.4 Å². The van der Waals surface area contributed by atoms with Crippen LogP contribution in [-0.2, 0) is 9.84 Å². The zero-order chi connectivity index (χ0) is 23.0. The summed E-state index contributed by atoms with van der Waals surface area (Å²) in [6.07, 6.45) is 5.20. The highest BCUT2D eigenvalue weighted by atomic mass is 32.2. The molecule has 4 rings (SSSR count). The van der Waals surface area contributed by atoms with Crippen LogP contribution < -0.4 is 0 Å². The van der Waals surface area contributed by atoms with Gasteiger partial charge in [-0.25, -0.2) is 18.4 Å². The Balaban J connectivity index is 1.60. The molecule has 1 amide bonds. The number of benzene rings is 1. The van der Waals surface area contributed by atoms with Crippen molar-refractivity contribution >= 4 is 26.9 Å². The second kappa shape index (κ2) is 8.63. The molecule has 0 saturated carbocycles. The first-order valence-corrected chi connectivity index (χ1v) is 12.4. The van der Waals surface area contributed by atoms with E-state index >= 15 is 0 Å².